The van der Waals surface area contributed by atoms with Gasteiger partial charge in [0.2, 0.25) is 0 Å². The van der Waals surface area contributed by atoms with Crippen LogP contribution in [0.1, 0.15) is 18.9 Å². The fourth-order valence-corrected chi connectivity index (χ4v) is 1.86. The van der Waals surface area contributed by atoms with E-state index in [9.17, 15) is 0 Å². The highest BCUT2D eigenvalue weighted by Gasteiger charge is 2.10. The van der Waals surface area contributed by atoms with Gasteiger partial charge in [-0.25, -0.2) is 0 Å². The summed E-state index contributed by atoms with van der Waals surface area (Å²) in [5.41, 5.74) is 1.34. The second-order valence-electron chi connectivity index (χ2n) is 4.73. The summed E-state index contributed by atoms with van der Waals surface area (Å²) < 4.78 is 11.2. The Bertz CT molecular complexity index is 554. The molecule has 4 nitrogen and oxygen atoms in total. The molecule has 0 fully saturated rings. The molecule has 2 rings (SSSR count). The fraction of sp³-hybridized carbons (Fsp3) is 0.250. The number of hydrogen-bond acceptors (Lipinski definition) is 4. The van der Waals surface area contributed by atoms with Crippen molar-refractivity contribution in [2.24, 2.45) is 0 Å². The number of ether oxygens (including phenoxy) is 2. The maximum atomic E-state index is 9.14. The Labute approximate surface area is 125 Å². The second-order valence-corrected chi connectivity index (χ2v) is 4.73. The molecule has 0 spiro atoms. The van der Waals surface area contributed by atoms with Crippen LogP contribution in [0.15, 0.2) is 48.5 Å². The van der Waals surface area contributed by atoms with E-state index in [1.165, 1.54) is 0 Å². The molecule has 0 aliphatic rings. The summed E-state index contributed by atoms with van der Waals surface area (Å²) in [7, 11) is -1.46. The maximum Gasteiger partial charge on any atom is 0.488 e. The molecule has 2 aromatic rings. The molecule has 2 aromatic carbocycles. The molecule has 0 heterocycles. The van der Waals surface area contributed by atoms with E-state index in [0.29, 0.717) is 18.7 Å². The lowest BCUT2D eigenvalue weighted by Gasteiger charge is -2.09. The molecule has 5 heteroatoms. The van der Waals surface area contributed by atoms with Crippen molar-refractivity contribution in [1.82, 2.24) is 0 Å². The van der Waals surface area contributed by atoms with Gasteiger partial charge in [0.1, 0.15) is 18.1 Å². The molecule has 0 aliphatic heterocycles. The van der Waals surface area contributed by atoms with Gasteiger partial charge < -0.3 is 19.5 Å². The monoisotopic (exact) mass is 286 g/mol. The first-order valence-corrected chi connectivity index (χ1v) is 6.99. The molecule has 2 N–H and O–H groups in total. The topological polar surface area (TPSA) is 58.9 Å². The van der Waals surface area contributed by atoms with Gasteiger partial charge in [0.05, 0.1) is 6.61 Å². The van der Waals surface area contributed by atoms with Gasteiger partial charge in [0.25, 0.3) is 0 Å². The molecular weight excluding hydrogens is 267 g/mol. The molecule has 0 unspecified atom stereocenters. The van der Waals surface area contributed by atoms with E-state index in [2.05, 4.69) is 6.92 Å². The van der Waals surface area contributed by atoms with Crippen LogP contribution < -0.4 is 14.9 Å². The zero-order valence-electron chi connectivity index (χ0n) is 12.0. The zero-order chi connectivity index (χ0) is 15.1. The number of benzene rings is 2. The Morgan fingerprint density at radius 2 is 1.62 bits per heavy atom. The van der Waals surface area contributed by atoms with Gasteiger partial charge in [0.15, 0.2) is 0 Å². The lowest BCUT2D eigenvalue weighted by Crippen LogP contribution is -2.29. The molecule has 0 atom stereocenters. The van der Waals surface area contributed by atoms with Crippen LogP contribution in [-0.4, -0.2) is 23.8 Å². The molecule has 0 aliphatic carbocycles. The van der Waals surface area contributed by atoms with Crippen LogP contribution in [0.2, 0.25) is 0 Å². The van der Waals surface area contributed by atoms with Crippen molar-refractivity contribution in [2.75, 3.05) is 6.61 Å². The van der Waals surface area contributed by atoms with Crippen LogP contribution in [0, 0.1) is 0 Å². The van der Waals surface area contributed by atoms with Crippen LogP contribution in [0.5, 0.6) is 11.5 Å². The van der Waals surface area contributed by atoms with E-state index in [1.54, 1.807) is 18.2 Å². The Hall–Kier alpha value is -1.98. The SMILES string of the molecule is CCCOc1ccc(OCc2cccc(B(O)O)c2)cc1. The zero-order valence-corrected chi connectivity index (χ0v) is 12.0. The van der Waals surface area contributed by atoms with Crippen molar-refractivity contribution in [3.05, 3.63) is 54.1 Å². The Morgan fingerprint density at radius 1 is 0.952 bits per heavy atom. The first-order valence-electron chi connectivity index (χ1n) is 6.99. The summed E-state index contributed by atoms with van der Waals surface area (Å²) in [5.74, 6) is 1.57. The van der Waals surface area contributed by atoms with E-state index in [-0.39, 0.29) is 0 Å². The first kappa shape index (κ1) is 15.4. The van der Waals surface area contributed by atoms with Crippen LogP contribution in [0.25, 0.3) is 0 Å². The molecule has 21 heavy (non-hydrogen) atoms. The summed E-state index contributed by atoms with van der Waals surface area (Å²) in [6.45, 7) is 3.14. The van der Waals surface area contributed by atoms with Gasteiger partial charge in [0, 0.05) is 0 Å². The summed E-state index contributed by atoms with van der Waals surface area (Å²) >= 11 is 0. The number of rotatable bonds is 7. The summed E-state index contributed by atoms with van der Waals surface area (Å²) in [4.78, 5) is 0. The normalized spacial score (nSPS) is 10.2. The summed E-state index contributed by atoms with van der Waals surface area (Å²) in [5, 5.41) is 18.3. The van der Waals surface area contributed by atoms with Crippen LogP contribution >= 0.6 is 0 Å². The van der Waals surface area contributed by atoms with E-state index in [1.807, 2.05) is 30.3 Å². The van der Waals surface area contributed by atoms with Crippen LogP contribution in [0.4, 0.5) is 0 Å². The number of hydrogen-bond donors (Lipinski definition) is 2. The lowest BCUT2D eigenvalue weighted by molar-refractivity contribution is 0.301. The van der Waals surface area contributed by atoms with Gasteiger partial charge in [-0.3, -0.25) is 0 Å². The largest absolute Gasteiger partial charge is 0.494 e. The van der Waals surface area contributed by atoms with Gasteiger partial charge in [-0.05, 0) is 41.7 Å². The standard InChI is InChI=1S/C16H19BO4/c1-2-10-20-15-6-8-16(9-7-15)21-12-13-4-3-5-14(11-13)17(18)19/h3-9,11,18-19H,2,10,12H2,1H3. The Morgan fingerprint density at radius 3 is 2.24 bits per heavy atom. The third-order valence-electron chi connectivity index (χ3n) is 2.95. The van der Waals surface area contributed by atoms with E-state index in [0.717, 1.165) is 23.5 Å². The van der Waals surface area contributed by atoms with Crippen molar-refractivity contribution in [3.8, 4) is 11.5 Å². The third kappa shape index (κ3) is 4.81. The Balaban J connectivity index is 1.92. The maximum absolute atomic E-state index is 9.14. The van der Waals surface area contributed by atoms with Crippen LogP contribution in [0.3, 0.4) is 0 Å². The molecule has 0 radical (unpaired) electrons. The Kier molecular flexibility index (Phi) is 5.66. The molecule has 0 aromatic heterocycles. The van der Waals surface area contributed by atoms with E-state index in [4.69, 9.17) is 19.5 Å². The third-order valence-corrected chi connectivity index (χ3v) is 2.95. The smallest absolute Gasteiger partial charge is 0.488 e. The van der Waals surface area contributed by atoms with E-state index < -0.39 is 7.12 Å². The van der Waals surface area contributed by atoms with Crippen molar-refractivity contribution in [1.29, 1.82) is 0 Å². The fourth-order valence-electron chi connectivity index (χ4n) is 1.86. The quantitative estimate of drug-likeness (QED) is 0.761. The molecule has 0 saturated heterocycles. The molecule has 0 amide bonds. The van der Waals surface area contributed by atoms with Gasteiger partial charge in [-0.1, -0.05) is 31.2 Å². The highest BCUT2D eigenvalue weighted by molar-refractivity contribution is 6.58. The molecule has 0 saturated carbocycles. The van der Waals surface area contributed by atoms with E-state index >= 15 is 0 Å². The molecule has 0 bridgehead atoms. The molecular formula is C16H19BO4. The lowest BCUT2D eigenvalue weighted by atomic mass is 9.80. The predicted octanol–water partition coefficient (Wildman–Crippen LogP) is 1.73. The van der Waals surface area contributed by atoms with Crippen molar-refractivity contribution < 1.29 is 19.5 Å². The van der Waals surface area contributed by atoms with Crippen molar-refractivity contribution in [2.45, 2.75) is 20.0 Å². The predicted molar refractivity (Wildman–Crippen MR) is 82.8 cm³/mol. The highest BCUT2D eigenvalue weighted by Crippen LogP contribution is 2.18. The van der Waals surface area contributed by atoms with Gasteiger partial charge in [-0.15, -0.1) is 0 Å². The minimum absolute atomic E-state index is 0.371. The average Bonchev–Trinajstić information content (AvgIpc) is 2.52. The minimum atomic E-state index is -1.46. The first-order chi connectivity index (χ1) is 10.2. The van der Waals surface area contributed by atoms with Gasteiger partial charge >= 0.3 is 7.12 Å². The van der Waals surface area contributed by atoms with Crippen molar-refractivity contribution >= 4 is 12.6 Å². The van der Waals surface area contributed by atoms with Gasteiger partial charge in [-0.2, -0.15) is 0 Å². The molecule has 110 valence electrons. The van der Waals surface area contributed by atoms with Crippen LogP contribution in [-0.2, 0) is 6.61 Å². The highest BCUT2D eigenvalue weighted by atomic mass is 16.5. The minimum Gasteiger partial charge on any atom is -0.494 e. The summed E-state index contributed by atoms with van der Waals surface area (Å²) in [6.07, 6.45) is 0.977. The average molecular weight is 286 g/mol. The van der Waals surface area contributed by atoms with Crippen molar-refractivity contribution in [3.63, 3.8) is 0 Å². The second kappa shape index (κ2) is 7.71. The summed E-state index contributed by atoms with van der Waals surface area (Å²) in [6, 6.07) is 14.5.